The van der Waals surface area contributed by atoms with Gasteiger partial charge in [0.05, 0.1) is 17.1 Å². The minimum atomic E-state index is -0.137. The fourth-order valence-electron chi connectivity index (χ4n) is 2.92. The molecule has 0 unspecified atom stereocenters. The number of halogens is 1. The van der Waals surface area contributed by atoms with Crippen molar-refractivity contribution in [3.05, 3.63) is 11.5 Å². The van der Waals surface area contributed by atoms with Gasteiger partial charge in [-0.3, -0.25) is 0 Å². The summed E-state index contributed by atoms with van der Waals surface area (Å²) in [6.07, 6.45) is 8.11. The fourth-order valence-corrected chi connectivity index (χ4v) is 3.09. The Morgan fingerprint density at radius 3 is 2.57 bits per heavy atom. The highest BCUT2D eigenvalue weighted by Crippen LogP contribution is 2.28. The van der Waals surface area contributed by atoms with Crippen LogP contribution in [0.2, 0.25) is 5.28 Å². The Morgan fingerprint density at radius 1 is 1.19 bits per heavy atom. The molecule has 1 fully saturated rings. The van der Waals surface area contributed by atoms with E-state index in [1.807, 2.05) is 10.9 Å². The van der Waals surface area contributed by atoms with Crippen molar-refractivity contribution in [1.82, 2.24) is 19.7 Å². The van der Waals surface area contributed by atoms with Crippen molar-refractivity contribution in [2.45, 2.75) is 64.5 Å². The Kier molecular flexibility index (Phi) is 3.78. The maximum absolute atomic E-state index is 6.12. The van der Waals surface area contributed by atoms with E-state index in [4.69, 9.17) is 11.6 Å². The molecule has 114 valence electrons. The zero-order chi connectivity index (χ0) is 15.0. The number of fused-ring (bicyclic) bond motifs is 1. The summed E-state index contributed by atoms with van der Waals surface area (Å²) in [4.78, 5) is 8.75. The second kappa shape index (κ2) is 5.44. The van der Waals surface area contributed by atoms with Crippen molar-refractivity contribution in [1.29, 1.82) is 0 Å². The number of nitrogens with zero attached hydrogens (tertiary/aromatic N) is 4. The summed E-state index contributed by atoms with van der Waals surface area (Å²) in [7, 11) is 0. The van der Waals surface area contributed by atoms with Gasteiger partial charge < -0.3 is 5.32 Å². The quantitative estimate of drug-likeness (QED) is 0.853. The van der Waals surface area contributed by atoms with Crippen molar-refractivity contribution in [3.63, 3.8) is 0 Å². The Morgan fingerprint density at radius 2 is 1.90 bits per heavy atom. The highest BCUT2D eigenvalue weighted by molar-refractivity contribution is 6.28. The second-order valence-electron chi connectivity index (χ2n) is 6.78. The van der Waals surface area contributed by atoms with Crippen LogP contribution in [0.5, 0.6) is 0 Å². The van der Waals surface area contributed by atoms with Crippen molar-refractivity contribution >= 4 is 28.5 Å². The molecule has 0 amide bonds. The standard InChI is InChI=1S/C15H22ClN5/c1-15(2,3)21-13-11(9-17-21)12(19-14(16)20-13)18-10-7-5-4-6-8-10/h9-10H,4-8H2,1-3H3,(H,18,19,20). The molecule has 0 aromatic carbocycles. The Labute approximate surface area is 130 Å². The van der Waals surface area contributed by atoms with Crippen LogP contribution in [0.15, 0.2) is 6.20 Å². The minimum Gasteiger partial charge on any atom is -0.367 e. The van der Waals surface area contributed by atoms with Crippen LogP contribution in [0.3, 0.4) is 0 Å². The zero-order valence-electron chi connectivity index (χ0n) is 12.9. The van der Waals surface area contributed by atoms with Gasteiger partial charge in [-0.1, -0.05) is 19.3 Å². The van der Waals surface area contributed by atoms with Gasteiger partial charge in [0, 0.05) is 6.04 Å². The molecular weight excluding hydrogens is 286 g/mol. The van der Waals surface area contributed by atoms with Crippen molar-refractivity contribution in [2.24, 2.45) is 0 Å². The predicted molar refractivity (Wildman–Crippen MR) is 85.8 cm³/mol. The largest absolute Gasteiger partial charge is 0.367 e. The summed E-state index contributed by atoms with van der Waals surface area (Å²) in [5.74, 6) is 0.812. The van der Waals surface area contributed by atoms with Gasteiger partial charge in [-0.2, -0.15) is 15.1 Å². The third-order valence-corrected chi connectivity index (χ3v) is 4.15. The van der Waals surface area contributed by atoms with Gasteiger partial charge in [0.1, 0.15) is 5.82 Å². The van der Waals surface area contributed by atoms with E-state index in [1.165, 1.54) is 32.1 Å². The molecule has 2 aromatic heterocycles. The first kappa shape index (κ1) is 14.6. The molecule has 6 heteroatoms. The molecule has 5 nitrogen and oxygen atoms in total. The van der Waals surface area contributed by atoms with E-state index in [-0.39, 0.29) is 10.8 Å². The van der Waals surface area contributed by atoms with Crippen molar-refractivity contribution < 1.29 is 0 Å². The number of aromatic nitrogens is 4. The average molecular weight is 308 g/mol. The lowest BCUT2D eigenvalue weighted by Gasteiger charge is -2.24. The van der Waals surface area contributed by atoms with Gasteiger partial charge in [-0.15, -0.1) is 0 Å². The molecule has 3 rings (SSSR count). The lowest BCUT2D eigenvalue weighted by molar-refractivity contribution is 0.366. The molecule has 21 heavy (non-hydrogen) atoms. The lowest BCUT2D eigenvalue weighted by atomic mass is 9.95. The molecule has 1 aliphatic carbocycles. The number of nitrogens with one attached hydrogen (secondary N) is 1. The van der Waals surface area contributed by atoms with Gasteiger partial charge in [0.2, 0.25) is 5.28 Å². The first-order valence-electron chi connectivity index (χ1n) is 7.63. The first-order chi connectivity index (χ1) is 9.95. The van der Waals surface area contributed by atoms with Gasteiger partial charge >= 0.3 is 0 Å². The van der Waals surface area contributed by atoms with Crippen LogP contribution in [-0.2, 0) is 5.54 Å². The summed E-state index contributed by atoms with van der Waals surface area (Å²) in [5.41, 5.74) is 0.655. The maximum atomic E-state index is 6.12. The fraction of sp³-hybridized carbons (Fsp3) is 0.667. The van der Waals surface area contributed by atoms with Gasteiger partial charge in [-0.25, -0.2) is 4.68 Å². The normalized spacial score (nSPS) is 17.3. The molecule has 0 spiro atoms. The van der Waals surface area contributed by atoms with Gasteiger partial charge in [0.25, 0.3) is 0 Å². The molecule has 0 aliphatic heterocycles. The van der Waals surface area contributed by atoms with E-state index in [0.717, 1.165) is 16.9 Å². The SMILES string of the molecule is CC(C)(C)n1ncc2c(NC3CCCCC3)nc(Cl)nc21. The molecule has 0 radical (unpaired) electrons. The summed E-state index contributed by atoms with van der Waals surface area (Å²) < 4.78 is 1.90. The van der Waals surface area contributed by atoms with Crippen LogP contribution in [0, 0.1) is 0 Å². The van der Waals surface area contributed by atoms with E-state index in [0.29, 0.717) is 6.04 Å². The van der Waals surface area contributed by atoms with Crippen LogP contribution in [0.4, 0.5) is 5.82 Å². The third-order valence-electron chi connectivity index (χ3n) is 3.98. The van der Waals surface area contributed by atoms with E-state index >= 15 is 0 Å². The molecule has 1 saturated carbocycles. The molecule has 1 aliphatic rings. The summed E-state index contributed by atoms with van der Waals surface area (Å²) in [6.45, 7) is 6.30. The Hall–Kier alpha value is -1.36. The smallest absolute Gasteiger partial charge is 0.226 e. The summed E-state index contributed by atoms with van der Waals surface area (Å²) in [5, 5.41) is 9.23. The topological polar surface area (TPSA) is 55.6 Å². The van der Waals surface area contributed by atoms with Crippen molar-refractivity contribution in [2.75, 3.05) is 5.32 Å². The third kappa shape index (κ3) is 2.98. The van der Waals surface area contributed by atoms with Crippen LogP contribution in [0.1, 0.15) is 52.9 Å². The van der Waals surface area contributed by atoms with E-state index in [2.05, 4.69) is 41.2 Å². The Bertz CT molecular complexity index is 637. The van der Waals surface area contributed by atoms with E-state index in [1.54, 1.807) is 0 Å². The molecule has 0 saturated heterocycles. The van der Waals surface area contributed by atoms with Crippen LogP contribution in [-0.4, -0.2) is 25.8 Å². The number of anilines is 1. The minimum absolute atomic E-state index is 0.137. The molecule has 0 atom stereocenters. The lowest BCUT2D eigenvalue weighted by Crippen LogP contribution is -2.24. The second-order valence-corrected chi connectivity index (χ2v) is 7.12. The van der Waals surface area contributed by atoms with Gasteiger partial charge in [-0.05, 0) is 45.2 Å². The van der Waals surface area contributed by atoms with Gasteiger partial charge in [0.15, 0.2) is 5.65 Å². The molecule has 2 heterocycles. The maximum Gasteiger partial charge on any atom is 0.226 e. The zero-order valence-corrected chi connectivity index (χ0v) is 13.6. The van der Waals surface area contributed by atoms with Crippen LogP contribution >= 0.6 is 11.6 Å². The number of rotatable bonds is 2. The van der Waals surface area contributed by atoms with Crippen LogP contribution in [0.25, 0.3) is 11.0 Å². The van der Waals surface area contributed by atoms with Crippen molar-refractivity contribution in [3.8, 4) is 0 Å². The van der Waals surface area contributed by atoms with E-state index < -0.39 is 0 Å². The van der Waals surface area contributed by atoms with Crippen LogP contribution < -0.4 is 5.32 Å². The average Bonchev–Trinajstić information content (AvgIpc) is 2.83. The first-order valence-corrected chi connectivity index (χ1v) is 8.01. The highest BCUT2D eigenvalue weighted by atomic mass is 35.5. The molecular formula is C15H22ClN5. The molecule has 2 aromatic rings. The Balaban J connectivity index is 2.00. The number of hydrogen-bond acceptors (Lipinski definition) is 4. The highest BCUT2D eigenvalue weighted by Gasteiger charge is 2.22. The molecule has 0 bridgehead atoms. The summed E-state index contributed by atoms with van der Waals surface area (Å²) in [6, 6.07) is 0.478. The molecule has 1 N–H and O–H groups in total. The number of hydrogen-bond donors (Lipinski definition) is 1. The van der Waals surface area contributed by atoms with E-state index in [9.17, 15) is 0 Å². The summed E-state index contributed by atoms with van der Waals surface area (Å²) >= 11 is 6.12. The predicted octanol–water partition coefficient (Wildman–Crippen LogP) is 3.98. The monoisotopic (exact) mass is 307 g/mol.